The van der Waals surface area contributed by atoms with Gasteiger partial charge < -0.3 is 19.7 Å². The predicted octanol–water partition coefficient (Wildman–Crippen LogP) is 9.44. The highest BCUT2D eigenvalue weighted by molar-refractivity contribution is 8.00. The summed E-state index contributed by atoms with van der Waals surface area (Å²) in [6.45, 7) is 2.11. The topological polar surface area (TPSA) is 58.9 Å². The van der Waals surface area contributed by atoms with Gasteiger partial charge in [-0.3, -0.25) is 0 Å². The smallest absolute Gasteiger partial charge is 0.0907 e. The Morgan fingerprint density at radius 3 is 0.731 bits per heavy atom. The lowest BCUT2D eigenvalue weighted by atomic mass is 9.84. The summed E-state index contributed by atoms with van der Waals surface area (Å²) in [5, 5.41) is 17.9. The van der Waals surface area contributed by atoms with Gasteiger partial charge in [-0.25, -0.2) is 0 Å². The highest BCUT2D eigenvalue weighted by Gasteiger charge is 2.37. The number of hydrogen-bond donors (Lipinski definition) is 2. The van der Waals surface area contributed by atoms with E-state index in [0.717, 1.165) is 11.5 Å². The van der Waals surface area contributed by atoms with Crippen LogP contribution in [0.1, 0.15) is 33.4 Å². The average Bonchev–Trinajstić information content (AvgIpc) is 3.23. The molecule has 2 N–H and O–H groups in total. The maximum absolute atomic E-state index is 8.93. The lowest BCUT2D eigenvalue weighted by Crippen LogP contribution is -2.26. The van der Waals surface area contributed by atoms with E-state index >= 15 is 0 Å². The molecule has 6 heteroatoms. The van der Waals surface area contributed by atoms with Crippen LogP contribution in [0.5, 0.6) is 0 Å². The van der Waals surface area contributed by atoms with Gasteiger partial charge in [-0.05, 0) is 33.4 Å². The third-order valence-corrected chi connectivity index (χ3v) is 11.7. The number of benzene rings is 6. The molecule has 0 aromatic heterocycles. The molecule has 6 aromatic carbocycles. The zero-order chi connectivity index (χ0) is 36.2. The molecular formula is C46H48O4S2. The molecule has 0 unspecified atom stereocenters. The van der Waals surface area contributed by atoms with Gasteiger partial charge in [0.1, 0.15) is 0 Å². The second kappa shape index (κ2) is 21.4. The summed E-state index contributed by atoms with van der Waals surface area (Å²) in [6, 6.07) is 63.8. The van der Waals surface area contributed by atoms with Crippen molar-refractivity contribution in [2.24, 2.45) is 0 Å². The molecule has 0 bridgehead atoms. The first-order chi connectivity index (χ1) is 25.8. The Balaban J connectivity index is 0.000000201. The summed E-state index contributed by atoms with van der Waals surface area (Å²) in [4.78, 5) is 0. The number of rotatable bonds is 18. The predicted molar refractivity (Wildman–Crippen MR) is 219 cm³/mol. The van der Waals surface area contributed by atoms with Gasteiger partial charge >= 0.3 is 0 Å². The molecule has 0 aliphatic rings. The van der Waals surface area contributed by atoms with Crippen LogP contribution >= 0.6 is 23.5 Å². The standard InChI is InChI=1S/2C23H24O2S/c2*24-16-17-25-18-19-26-23(20-10-4-1-5-11-20,21-12-6-2-7-13-21)22-14-8-3-9-15-22/h2*1-15,24H,16-19H2. The Hall–Kier alpha value is -4.14. The van der Waals surface area contributed by atoms with Gasteiger partial charge in [-0.2, -0.15) is 0 Å². The number of aliphatic hydroxyl groups is 2. The van der Waals surface area contributed by atoms with Crippen LogP contribution in [0.2, 0.25) is 0 Å². The first-order valence-corrected chi connectivity index (χ1v) is 19.7. The van der Waals surface area contributed by atoms with Gasteiger partial charge in [-0.1, -0.05) is 182 Å². The first kappa shape index (κ1) is 39.1. The molecule has 0 saturated heterocycles. The maximum atomic E-state index is 8.93. The molecule has 0 amide bonds. The molecule has 0 aliphatic heterocycles. The lowest BCUT2D eigenvalue weighted by molar-refractivity contribution is 0.103. The Morgan fingerprint density at radius 1 is 0.327 bits per heavy atom. The van der Waals surface area contributed by atoms with E-state index in [4.69, 9.17) is 19.7 Å². The number of ether oxygens (including phenoxy) is 2. The summed E-state index contributed by atoms with van der Waals surface area (Å²) in [7, 11) is 0. The quantitative estimate of drug-likeness (QED) is 0.0680. The van der Waals surface area contributed by atoms with Crippen molar-refractivity contribution in [3.05, 3.63) is 215 Å². The molecule has 0 heterocycles. The molecule has 6 aromatic rings. The van der Waals surface area contributed by atoms with Crippen molar-refractivity contribution in [3.8, 4) is 0 Å². The van der Waals surface area contributed by atoms with E-state index < -0.39 is 0 Å². The van der Waals surface area contributed by atoms with Gasteiger partial charge in [0.15, 0.2) is 0 Å². The summed E-state index contributed by atoms with van der Waals surface area (Å²) in [6.07, 6.45) is 0. The van der Waals surface area contributed by atoms with Gasteiger partial charge in [0.05, 0.1) is 49.1 Å². The fourth-order valence-electron chi connectivity index (χ4n) is 6.38. The zero-order valence-corrected chi connectivity index (χ0v) is 31.1. The van der Waals surface area contributed by atoms with E-state index in [0.29, 0.717) is 26.4 Å². The van der Waals surface area contributed by atoms with E-state index in [1.54, 1.807) is 0 Å². The lowest BCUT2D eigenvalue weighted by Gasteiger charge is -2.35. The highest BCUT2D eigenvalue weighted by atomic mass is 32.2. The van der Waals surface area contributed by atoms with E-state index in [1.165, 1.54) is 33.4 Å². The van der Waals surface area contributed by atoms with Crippen LogP contribution in [-0.2, 0) is 19.0 Å². The van der Waals surface area contributed by atoms with Crippen molar-refractivity contribution in [3.63, 3.8) is 0 Å². The molecule has 52 heavy (non-hydrogen) atoms. The molecule has 0 saturated carbocycles. The molecule has 0 aliphatic carbocycles. The Morgan fingerprint density at radius 2 is 0.538 bits per heavy atom. The molecule has 0 radical (unpaired) electrons. The third-order valence-electron chi connectivity index (χ3n) is 8.65. The van der Waals surface area contributed by atoms with Crippen molar-refractivity contribution in [2.45, 2.75) is 9.49 Å². The van der Waals surface area contributed by atoms with Crippen LogP contribution < -0.4 is 0 Å². The second-order valence-corrected chi connectivity index (χ2v) is 14.5. The second-order valence-electron chi connectivity index (χ2n) is 11.9. The van der Waals surface area contributed by atoms with E-state index in [9.17, 15) is 0 Å². The minimum Gasteiger partial charge on any atom is -0.394 e. The van der Waals surface area contributed by atoms with E-state index in [-0.39, 0.29) is 22.7 Å². The number of aliphatic hydroxyl groups excluding tert-OH is 2. The zero-order valence-electron chi connectivity index (χ0n) is 29.5. The molecule has 0 spiro atoms. The Labute approximate surface area is 317 Å². The highest BCUT2D eigenvalue weighted by Crippen LogP contribution is 2.49. The van der Waals surface area contributed by atoms with Crippen molar-refractivity contribution in [1.82, 2.24) is 0 Å². The summed E-state index contributed by atoms with van der Waals surface area (Å²) in [5.41, 5.74) is 7.53. The number of hydrogen-bond acceptors (Lipinski definition) is 6. The Bertz CT molecular complexity index is 1460. The van der Waals surface area contributed by atoms with Gasteiger partial charge in [0.25, 0.3) is 0 Å². The van der Waals surface area contributed by atoms with Crippen LogP contribution in [0.4, 0.5) is 0 Å². The van der Waals surface area contributed by atoms with Crippen LogP contribution in [0, 0.1) is 0 Å². The van der Waals surface area contributed by atoms with Crippen molar-refractivity contribution in [2.75, 3.05) is 51.1 Å². The van der Waals surface area contributed by atoms with Crippen LogP contribution in [-0.4, -0.2) is 61.4 Å². The molecule has 4 nitrogen and oxygen atoms in total. The third kappa shape index (κ3) is 10.0. The molecule has 6 rings (SSSR count). The molecule has 0 fully saturated rings. The summed E-state index contributed by atoms with van der Waals surface area (Å²) < 4.78 is 10.4. The van der Waals surface area contributed by atoms with E-state index in [2.05, 4.69) is 182 Å². The largest absolute Gasteiger partial charge is 0.394 e. The molecular weight excluding hydrogens is 681 g/mol. The Kier molecular flexibility index (Phi) is 16.1. The van der Waals surface area contributed by atoms with Gasteiger partial charge in [0, 0.05) is 11.5 Å². The van der Waals surface area contributed by atoms with Crippen LogP contribution in [0.3, 0.4) is 0 Å². The monoisotopic (exact) mass is 728 g/mol. The minimum absolute atomic E-state index is 0.0614. The fourth-order valence-corrected chi connectivity index (χ4v) is 9.21. The van der Waals surface area contributed by atoms with Gasteiger partial charge in [0.2, 0.25) is 0 Å². The van der Waals surface area contributed by atoms with Gasteiger partial charge in [-0.15, -0.1) is 23.5 Å². The summed E-state index contributed by atoms with van der Waals surface area (Å²) >= 11 is 3.74. The van der Waals surface area contributed by atoms with Crippen LogP contribution in [0.25, 0.3) is 0 Å². The van der Waals surface area contributed by atoms with Crippen molar-refractivity contribution < 1.29 is 19.7 Å². The maximum Gasteiger partial charge on any atom is 0.0907 e. The minimum atomic E-state index is -0.299. The normalized spacial score (nSPS) is 11.4. The average molecular weight is 729 g/mol. The van der Waals surface area contributed by atoms with Crippen molar-refractivity contribution in [1.29, 1.82) is 0 Å². The molecule has 0 atom stereocenters. The SMILES string of the molecule is OCCOCCSC(c1ccccc1)(c1ccccc1)c1ccccc1.OCCOCCSC(c1ccccc1)(c1ccccc1)c1ccccc1. The number of thioether (sulfide) groups is 2. The van der Waals surface area contributed by atoms with Crippen molar-refractivity contribution >= 4 is 23.5 Å². The fraction of sp³-hybridized carbons (Fsp3) is 0.217. The summed E-state index contributed by atoms with van der Waals surface area (Å²) in [5.74, 6) is 1.66. The first-order valence-electron chi connectivity index (χ1n) is 17.7. The van der Waals surface area contributed by atoms with Crippen LogP contribution in [0.15, 0.2) is 182 Å². The molecule has 268 valence electrons. The van der Waals surface area contributed by atoms with E-state index in [1.807, 2.05) is 23.5 Å².